The van der Waals surface area contributed by atoms with Crippen molar-refractivity contribution in [3.05, 3.63) is 0 Å². The number of nitrogens with one attached hydrogen (secondary N) is 1. The molecule has 0 aliphatic carbocycles. The topological polar surface area (TPSA) is 58.4 Å². The van der Waals surface area contributed by atoms with Crippen LogP contribution >= 0.6 is 0 Å². The van der Waals surface area contributed by atoms with E-state index in [4.69, 9.17) is 5.73 Å². The normalized spacial score (nSPS) is 21.6. The third-order valence-corrected chi connectivity index (χ3v) is 4.25. The number of rotatable bonds is 6. The zero-order chi connectivity index (χ0) is 13.5. The Labute approximate surface area is 111 Å². The van der Waals surface area contributed by atoms with Gasteiger partial charge in [0.2, 0.25) is 5.91 Å². The summed E-state index contributed by atoms with van der Waals surface area (Å²) in [6.45, 7) is 7.24. The van der Waals surface area contributed by atoms with Gasteiger partial charge in [0.1, 0.15) is 0 Å². The predicted octanol–water partition coefficient (Wildman–Crippen LogP) is 1.21. The summed E-state index contributed by atoms with van der Waals surface area (Å²) in [7, 11) is 2.17. The van der Waals surface area contributed by atoms with E-state index in [9.17, 15) is 4.79 Å². The molecular formula is C14H29N3O. The molecule has 0 aromatic carbocycles. The molecule has 0 bridgehead atoms. The van der Waals surface area contributed by atoms with Crippen molar-refractivity contribution in [2.75, 3.05) is 26.7 Å². The highest BCUT2D eigenvalue weighted by Gasteiger charge is 2.20. The maximum atomic E-state index is 11.8. The first-order valence-corrected chi connectivity index (χ1v) is 7.26. The maximum absolute atomic E-state index is 11.8. The zero-order valence-electron chi connectivity index (χ0n) is 12.1. The SMILES string of the molecule is CCC(C)[C@H](N)C(=O)NCCC1CCN(C)CC1. The Balaban J connectivity index is 2.15. The molecule has 1 rings (SSSR count). The predicted molar refractivity (Wildman–Crippen MR) is 75.3 cm³/mol. The van der Waals surface area contributed by atoms with E-state index in [-0.39, 0.29) is 17.9 Å². The lowest BCUT2D eigenvalue weighted by molar-refractivity contribution is -0.123. The lowest BCUT2D eigenvalue weighted by Gasteiger charge is -2.29. The van der Waals surface area contributed by atoms with Crippen LogP contribution in [-0.2, 0) is 4.79 Å². The molecule has 4 nitrogen and oxygen atoms in total. The minimum atomic E-state index is -0.354. The van der Waals surface area contributed by atoms with Crippen molar-refractivity contribution >= 4 is 5.91 Å². The van der Waals surface area contributed by atoms with Gasteiger partial charge in [-0.1, -0.05) is 20.3 Å². The molecule has 1 amide bonds. The molecule has 1 aliphatic rings. The second kappa shape index (κ2) is 7.74. The highest BCUT2D eigenvalue weighted by atomic mass is 16.2. The molecule has 3 N–H and O–H groups in total. The first-order valence-electron chi connectivity index (χ1n) is 7.26. The number of hydrogen-bond acceptors (Lipinski definition) is 3. The summed E-state index contributed by atoms with van der Waals surface area (Å²) < 4.78 is 0. The number of nitrogens with two attached hydrogens (primary N) is 1. The molecule has 0 aromatic heterocycles. The van der Waals surface area contributed by atoms with Gasteiger partial charge in [0.15, 0.2) is 0 Å². The fraction of sp³-hybridized carbons (Fsp3) is 0.929. The van der Waals surface area contributed by atoms with E-state index in [0.29, 0.717) is 0 Å². The summed E-state index contributed by atoms with van der Waals surface area (Å²) in [5.41, 5.74) is 5.89. The van der Waals surface area contributed by atoms with Crippen molar-refractivity contribution in [3.8, 4) is 0 Å². The number of carbonyl (C=O) groups is 1. The van der Waals surface area contributed by atoms with Gasteiger partial charge in [-0.05, 0) is 51.2 Å². The number of piperidine rings is 1. The third kappa shape index (κ3) is 4.94. The van der Waals surface area contributed by atoms with Gasteiger partial charge in [-0.3, -0.25) is 4.79 Å². The van der Waals surface area contributed by atoms with E-state index < -0.39 is 0 Å². The summed E-state index contributed by atoms with van der Waals surface area (Å²) >= 11 is 0. The highest BCUT2D eigenvalue weighted by molar-refractivity contribution is 5.81. The van der Waals surface area contributed by atoms with Gasteiger partial charge in [0.25, 0.3) is 0 Å². The molecule has 18 heavy (non-hydrogen) atoms. The lowest BCUT2D eigenvalue weighted by atomic mass is 9.93. The Morgan fingerprint density at radius 1 is 1.44 bits per heavy atom. The van der Waals surface area contributed by atoms with Crippen LogP contribution in [0, 0.1) is 11.8 Å². The Bertz CT molecular complexity index is 249. The molecule has 1 saturated heterocycles. The fourth-order valence-electron chi connectivity index (χ4n) is 2.38. The Hall–Kier alpha value is -0.610. The summed E-state index contributed by atoms with van der Waals surface area (Å²) in [6.07, 6.45) is 4.55. The molecule has 106 valence electrons. The maximum Gasteiger partial charge on any atom is 0.237 e. The Morgan fingerprint density at radius 3 is 2.61 bits per heavy atom. The smallest absolute Gasteiger partial charge is 0.237 e. The molecule has 1 fully saturated rings. The highest BCUT2D eigenvalue weighted by Crippen LogP contribution is 2.18. The quantitative estimate of drug-likeness (QED) is 0.750. The largest absolute Gasteiger partial charge is 0.355 e. The molecular weight excluding hydrogens is 226 g/mol. The van der Waals surface area contributed by atoms with Gasteiger partial charge in [0, 0.05) is 6.54 Å². The summed E-state index contributed by atoms with van der Waals surface area (Å²) in [6, 6.07) is -0.354. The third-order valence-electron chi connectivity index (χ3n) is 4.25. The average Bonchev–Trinajstić information content (AvgIpc) is 2.39. The van der Waals surface area contributed by atoms with Crippen molar-refractivity contribution in [2.24, 2.45) is 17.6 Å². The van der Waals surface area contributed by atoms with Crippen LogP contribution in [0.5, 0.6) is 0 Å². The number of likely N-dealkylation sites (tertiary alicyclic amines) is 1. The van der Waals surface area contributed by atoms with E-state index in [2.05, 4.69) is 24.2 Å². The molecule has 1 aliphatic heterocycles. The summed E-state index contributed by atoms with van der Waals surface area (Å²) in [4.78, 5) is 14.2. The Morgan fingerprint density at radius 2 is 2.06 bits per heavy atom. The van der Waals surface area contributed by atoms with Crippen molar-refractivity contribution in [1.82, 2.24) is 10.2 Å². The van der Waals surface area contributed by atoms with Crippen LogP contribution in [-0.4, -0.2) is 43.5 Å². The van der Waals surface area contributed by atoms with Crippen LogP contribution in [0.15, 0.2) is 0 Å². The van der Waals surface area contributed by atoms with Crippen molar-refractivity contribution < 1.29 is 4.79 Å². The van der Waals surface area contributed by atoms with Gasteiger partial charge in [-0.15, -0.1) is 0 Å². The first-order chi connectivity index (χ1) is 8.54. The molecule has 0 saturated carbocycles. The van der Waals surface area contributed by atoms with Gasteiger partial charge in [-0.25, -0.2) is 0 Å². The van der Waals surface area contributed by atoms with E-state index >= 15 is 0 Å². The summed E-state index contributed by atoms with van der Waals surface area (Å²) in [5, 5.41) is 2.98. The zero-order valence-corrected chi connectivity index (χ0v) is 12.1. The molecule has 2 atom stereocenters. The monoisotopic (exact) mass is 255 g/mol. The molecule has 0 aromatic rings. The Kier molecular flexibility index (Phi) is 6.65. The fourth-order valence-corrected chi connectivity index (χ4v) is 2.38. The van der Waals surface area contributed by atoms with E-state index in [1.807, 2.05) is 6.92 Å². The minimum Gasteiger partial charge on any atom is -0.355 e. The molecule has 0 radical (unpaired) electrons. The first kappa shape index (κ1) is 15.4. The van der Waals surface area contributed by atoms with Crippen LogP contribution in [0.4, 0.5) is 0 Å². The van der Waals surface area contributed by atoms with Gasteiger partial charge >= 0.3 is 0 Å². The summed E-state index contributed by atoms with van der Waals surface area (Å²) in [5.74, 6) is 1.03. The van der Waals surface area contributed by atoms with Crippen LogP contribution in [0.3, 0.4) is 0 Å². The van der Waals surface area contributed by atoms with E-state index in [1.54, 1.807) is 0 Å². The number of carbonyl (C=O) groups excluding carboxylic acids is 1. The molecule has 1 heterocycles. The molecule has 1 unspecified atom stereocenters. The van der Waals surface area contributed by atoms with Crippen LogP contribution in [0.1, 0.15) is 39.5 Å². The van der Waals surface area contributed by atoms with E-state index in [0.717, 1.165) is 25.3 Å². The average molecular weight is 255 g/mol. The lowest BCUT2D eigenvalue weighted by Crippen LogP contribution is -2.45. The number of hydrogen-bond donors (Lipinski definition) is 2. The number of amides is 1. The standard InChI is InChI=1S/C14H29N3O/c1-4-11(2)13(15)14(18)16-8-5-12-6-9-17(3)10-7-12/h11-13H,4-10,15H2,1-3H3,(H,16,18)/t11?,13-/m0/s1. The van der Waals surface area contributed by atoms with Gasteiger partial charge in [0.05, 0.1) is 6.04 Å². The van der Waals surface area contributed by atoms with Crippen LogP contribution in [0.2, 0.25) is 0 Å². The van der Waals surface area contributed by atoms with Crippen LogP contribution in [0.25, 0.3) is 0 Å². The minimum absolute atomic E-state index is 0.0114. The second-order valence-corrected chi connectivity index (χ2v) is 5.74. The molecule has 4 heteroatoms. The van der Waals surface area contributed by atoms with Gasteiger partial charge < -0.3 is 16.0 Å². The number of nitrogens with zero attached hydrogens (tertiary/aromatic N) is 1. The molecule has 0 spiro atoms. The van der Waals surface area contributed by atoms with Crippen molar-refractivity contribution in [3.63, 3.8) is 0 Å². The van der Waals surface area contributed by atoms with E-state index in [1.165, 1.54) is 25.9 Å². The van der Waals surface area contributed by atoms with Crippen molar-refractivity contribution in [2.45, 2.75) is 45.6 Å². The van der Waals surface area contributed by atoms with Gasteiger partial charge in [-0.2, -0.15) is 0 Å². The van der Waals surface area contributed by atoms with Crippen molar-refractivity contribution in [1.29, 1.82) is 0 Å². The second-order valence-electron chi connectivity index (χ2n) is 5.74. The van der Waals surface area contributed by atoms with Crippen LogP contribution < -0.4 is 11.1 Å².